The van der Waals surface area contributed by atoms with Crippen LogP contribution >= 0.6 is 0 Å². The van der Waals surface area contributed by atoms with Gasteiger partial charge in [0.25, 0.3) is 0 Å². The third kappa shape index (κ3) is 8.52. The second kappa shape index (κ2) is 8.08. The van der Waals surface area contributed by atoms with Crippen LogP contribution in [0.1, 0.15) is 13.3 Å². The van der Waals surface area contributed by atoms with Gasteiger partial charge in [0.1, 0.15) is 18.8 Å². The maximum Gasteiger partial charge on any atom is 0.302 e. The zero-order chi connectivity index (χ0) is 15.1. The molecule has 0 aliphatic rings. The molecule has 0 fully saturated rings. The zero-order valence-corrected chi connectivity index (χ0v) is 11.9. The molecule has 0 radical (unpaired) electrons. The highest BCUT2D eigenvalue weighted by atomic mass is 16.5. The van der Waals surface area contributed by atoms with E-state index in [4.69, 9.17) is 4.74 Å². The molecule has 0 spiro atoms. The van der Waals surface area contributed by atoms with Crippen LogP contribution in [0, 0.1) is 0 Å². The fraction of sp³-hybridized carbons (Fsp3) is 0.833. The standard InChI is InChI=1S/C12H23NO6/c1-9(14)19-8-10(15)7-18-6-5-11(12(16)17)13(2,3)4/h10-11,15H,5-8H2,1-4H3. The summed E-state index contributed by atoms with van der Waals surface area (Å²) in [5, 5.41) is 20.4. The second-order valence-electron chi connectivity index (χ2n) is 5.27. The molecule has 0 saturated carbocycles. The predicted molar refractivity (Wildman–Crippen MR) is 64.9 cm³/mol. The van der Waals surface area contributed by atoms with Crippen LogP contribution in [0.5, 0.6) is 0 Å². The topological polar surface area (TPSA) is 95.9 Å². The third-order valence-electron chi connectivity index (χ3n) is 2.53. The number of quaternary nitrogens is 1. The highest BCUT2D eigenvalue weighted by Crippen LogP contribution is 2.07. The Kier molecular flexibility index (Phi) is 7.58. The Morgan fingerprint density at radius 3 is 2.26 bits per heavy atom. The number of hydrogen-bond acceptors (Lipinski definition) is 6. The Labute approximate surface area is 113 Å². The molecule has 2 atom stereocenters. The normalized spacial score (nSPS) is 14.8. The molecule has 0 saturated heterocycles. The van der Waals surface area contributed by atoms with Crippen molar-refractivity contribution in [3.05, 3.63) is 0 Å². The Morgan fingerprint density at radius 2 is 1.84 bits per heavy atom. The van der Waals surface area contributed by atoms with Crippen LogP contribution in [0.2, 0.25) is 0 Å². The van der Waals surface area contributed by atoms with Gasteiger partial charge in [0, 0.05) is 13.3 Å². The second-order valence-corrected chi connectivity index (χ2v) is 5.27. The summed E-state index contributed by atoms with van der Waals surface area (Å²) < 4.78 is 10.00. The van der Waals surface area contributed by atoms with E-state index in [1.807, 2.05) is 0 Å². The largest absolute Gasteiger partial charge is 0.544 e. The Balaban J connectivity index is 3.89. The van der Waals surface area contributed by atoms with Gasteiger partial charge in [-0.2, -0.15) is 0 Å². The van der Waals surface area contributed by atoms with E-state index in [-0.39, 0.29) is 30.7 Å². The maximum atomic E-state index is 11.0. The summed E-state index contributed by atoms with van der Waals surface area (Å²) in [4.78, 5) is 21.5. The van der Waals surface area contributed by atoms with Gasteiger partial charge in [0.05, 0.1) is 40.3 Å². The molecule has 0 aromatic heterocycles. The van der Waals surface area contributed by atoms with Crippen molar-refractivity contribution in [1.29, 1.82) is 0 Å². The van der Waals surface area contributed by atoms with Gasteiger partial charge >= 0.3 is 5.97 Å². The highest BCUT2D eigenvalue weighted by Gasteiger charge is 2.24. The summed E-state index contributed by atoms with van der Waals surface area (Å²) in [6, 6.07) is -0.675. The van der Waals surface area contributed by atoms with Crippen molar-refractivity contribution < 1.29 is 33.8 Å². The lowest BCUT2D eigenvalue weighted by Crippen LogP contribution is -2.55. The molecule has 7 heteroatoms. The van der Waals surface area contributed by atoms with Crippen LogP contribution in [0.25, 0.3) is 0 Å². The lowest BCUT2D eigenvalue weighted by atomic mass is 10.1. The number of nitrogens with zero attached hydrogens (tertiary/aromatic N) is 1. The molecule has 1 N–H and O–H groups in total. The number of aliphatic carboxylic acids is 1. The van der Waals surface area contributed by atoms with Crippen LogP contribution < -0.4 is 5.11 Å². The molecule has 0 bridgehead atoms. The van der Waals surface area contributed by atoms with E-state index in [0.717, 1.165) is 0 Å². The van der Waals surface area contributed by atoms with Gasteiger partial charge in [-0.15, -0.1) is 0 Å². The molecule has 19 heavy (non-hydrogen) atoms. The number of carboxylic acids is 1. The molecule has 2 unspecified atom stereocenters. The van der Waals surface area contributed by atoms with E-state index < -0.39 is 24.1 Å². The van der Waals surface area contributed by atoms with Crippen molar-refractivity contribution in [1.82, 2.24) is 0 Å². The van der Waals surface area contributed by atoms with Gasteiger partial charge in [-0.1, -0.05) is 0 Å². The average Bonchev–Trinajstić information content (AvgIpc) is 2.23. The third-order valence-corrected chi connectivity index (χ3v) is 2.53. The van der Waals surface area contributed by atoms with Crippen molar-refractivity contribution in [3.8, 4) is 0 Å². The number of carbonyl (C=O) groups excluding carboxylic acids is 2. The number of hydrogen-bond donors (Lipinski definition) is 1. The Bertz CT molecular complexity index is 299. The van der Waals surface area contributed by atoms with Gasteiger partial charge in [-0.05, 0) is 0 Å². The first-order chi connectivity index (χ1) is 8.64. The van der Waals surface area contributed by atoms with E-state index >= 15 is 0 Å². The minimum atomic E-state index is -1.13. The molecule has 0 aliphatic heterocycles. The summed E-state index contributed by atoms with van der Waals surface area (Å²) in [6.45, 7) is 1.29. The number of aliphatic hydroxyl groups excluding tert-OH is 1. The molecule has 0 amide bonds. The smallest absolute Gasteiger partial charge is 0.302 e. The molecule has 0 aromatic rings. The van der Waals surface area contributed by atoms with Crippen LogP contribution in [0.3, 0.4) is 0 Å². The molecular weight excluding hydrogens is 254 g/mol. The van der Waals surface area contributed by atoms with Crippen LogP contribution in [-0.2, 0) is 19.1 Å². The molecule has 0 heterocycles. The summed E-state index contributed by atoms with van der Waals surface area (Å²) >= 11 is 0. The lowest BCUT2D eigenvalue weighted by Gasteiger charge is -2.34. The fourth-order valence-corrected chi connectivity index (χ4v) is 1.50. The lowest BCUT2D eigenvalue weighted by molar-refractivity contribution is -0.889. The predicted octanol–water partition coefficient (Wildman–Crippen LogP) is -1.86. The number of carbonyl (C=O) groups is 2. The number of esters is 1. The maximum absolute atomic E-state index is 11.0. The van der Waals surface area contributed by atoms with Crippen molar-refractivity contribution in [2.75, 3.05) is 41.0 Å². The average molecular weight is 277 g/mol. The molecule has 0 aromatic carbocycles. The monoisotopic (exact) mass is 277 g/mol. The number of carboxylic acid groups (broad SMARTS) is 1. The summed E-state index contributed by atoms with van der Waals surface area (Å²) in [7, 11) is 5.28. The van der Waals surface area contributed by atoms with E-state index in [9.17, 15) is 19.8 Å². The first-order valence-electron chi connectivity index (χ1n) is 6.05. The first-order valence-corrected chi connectivity index (χ1v) is 6.05. The van der Waals surface area contributed by atoms with Crippen molar-refractivity contribution in [2.45, 2.75) is 25.5 Å². The minimum Gasteiger partial charge on any atom is -0.544 e. The molecule has 112 valence electrons. The van der Waals surface area contributed by atoms with Gasteiger partial charge < -0.3 is 29.0 Å². The van der Waals surface area contributed by atoms with E-state index in [0.29, 0.717) is 0 Å². The SMILES string of the molecule is CC(=O)OCC(O)COCCC(C(=O)[O-])[N+](C)(C)C. The zero-order valence-electron chi connectivity index (χ0n) is 11.9. The minimum absolute atomic E-state index is 0.00973. The Morgan fingerprint density at radius 1 is 1.26 bits per heavy atom. The molecular formula is C12H23NO6. The Hall–Kier alpha value is -1.18. The van der Waals surface area contributed by atoms with Crippen LogP contribution in [-0.4, -0.2) is 74.6 Å². The summed E-state index contributed by atoms with van der Waals surface area (Å²) in [6.07, 6.45) is -0.624. The molecule has 7 nitrogen and oxygen atoms in total. The quantitative estimate of drug-likeness (QED) is 0.302. The molecule has 0 rings (SSSR count). The van der Waals surface area contributed by atoms with Crippen molar-refractivity contribution >= 4 is 11.9 Å². The van der Waals surface area contributed by atoms with Gasteiger partial charge in [0.15, 0.2) is 0 Å². The van der Waals surface area contributed by atoms with Crippen molar-refractivity contribution in [3.63, 3.8) is 0 Å². The number of likely N-dealkylation sites (N-methyl/N-ethyl adjacent to an activating group) is 1. The number of ether oxygens (including phenoxy) is 2. The van der Waals surface area contributed by atoms with Gasteiger partial charge in [-0.3, -0.25) is 4.79 Å². The highest BCUT2D eigenvalue weighted by molar-refractivity contribution is 5.69. The van der Waals surface area contributed by atoms with Crippen LogP contribution in [0.15, 0.2) is 0 Å². The van der Waals surface area contributed by atoms with E-state index in [1.165, 1.54) is 6.92 Å². The van der Waals surface area contributed by atoms with E-state index in [1.54, 1.807) is 21.1 Å². The summed E-state index contributed by atoms with van der Waals surface area (Å²) in [5.41, 5.74) is 0. The van der Waals surface area contributed by atoms with Gasteiger partial charge in [0.2, 0.25) is 0 Å². The van der Waals surface area contributed by atoms with Crippen LogP contribution in [0.4, 0.5) is 0 Å². The molecule has 0 aliphatic carbocycles. The number of rotatable bonds is 9. The fourth-order valence-electron chi connectivity index (χ4n) is 1.50. The van der Waals surface area contributed by atoms with E-state index in [2.05, 4.69) is 4.74 Å². The van der Waals surface area contributed by atoms with Gasteiger partial charge in [-0.25, -0.2) is 0 Å². The number of aliphatic hydroxyl groups is 1. The summed E-state index contributed by atoms with van der Waals surface area (Å²) in [5.74, 6) is -1.60. The first kappa shape index (κ1) is 17.8. The van der Waals surface area contributed by atoms with Crippen molar-refractivity contribution in [2.24, 2.45) is 0 Å².